The molecule has 0 bridgehead atoms. The summed E-state index contributed by atoms with van der Waals surface area (Å²) in [6, 6.07) is 13.8. The number of hydrogen-bond acceptors (Lipinski definition) is 5. The molecule has 3 rings (SSSR count). The third kappa shape index (κ3) is 6.03. The summed E-state index contributed by atoms with van der Waals surface area (Å²) in [4.78, 5) is 2.43. The Kier molecular flexibility index (Phi) is 8.23. The topological polar surface area (TPSA) is 37.3 Å². The number of piperazine rings is 1. The molecule has 0 radical (unpaired) electrons. The minimum atomic E-state index is 0. The average molecular weight is 410 g/mol. The predicted octanol–water partition coefficient (Wildman–Crippen LogP) is 3.93. The van der Waals surface area contributed by atoms with Crippen LogP contribution < -0.4 is 9.47 Å². The van der Waals surface area contributed by atoms with Crippen molar-refractivity contribution in [3.8, 4) is 11.5 Å². The molecule has 7 heteroatoms. The summed E-state index contributed by atoms with van der Waals surface area (Å²) in [5.74, 6) is 1.53. The number of rotatable bonds is 6. The average Bonchev–Trinajstić information content (AvgIpc) is 2.69. The fourth-order valence-electron chi connectivity index (χ4n) is 2.93. The normalized spacial score (nSPS) is 14.9. The highest BCUT2D eigenvalue weighted by Gasteiger charge is 2.15. The molecule has 0 amide bonds. The highest BCUT2D eigenvalue weighted by Crippen LogP contribution is 2.23. The van der Waals surface area contributed by atoms with Crippen molar-refractivity contribution in [2.24, 2.45) is 5.10 Å². The first-order valence-corrected chi connectivity index (χ1v) is 9.03. The summed E-state index contributed by atoms with van der Waals surface area (Å²) in [6.07, 6.45) is 1.85. The number of halogens is 2. The molecule has 1 aliphatic rings. The Morgan fingerprint density at radius 1 is 1.00 bits per heavy atom. The van der Waals surface area contributed by atoms with Crippen molar-refractivity contribution >= 4 is 30.2 Å². The van der Waals surface area contributed by atoms with Gasteiger partial charge in [0, 0.05) is 49.4 Å². The molecule has 1 aliphatic heterocycles. The Hall–Kier alpha value is -1.95. The van der Waals surface area contributed by atoms with Crippen molar-refractivity contribution < 1.29 is 9.47 Å². The largest absolute Gasteiger partial charge is 0.497 e. The fraction of sp³-hybridized carbons (Fsp3) is 0.350. The van der Waals surface area contributed by atoms with Crippen LogP contribution >= 0.6 is 24.0 Å². The van der Waals surface area contributed by atoms with E-state index in [1.165, 1.54) is 5.56 Å². The maximum Gasteiger partial charge on any atom is 0.131 e. The second-order valence-corrected chi connectivity index (χ2v) is 6.65. The zero-order chi connectivity index (χ0) is 18.4. The minimum Gasteiger partial charge on any atom is -0.497 e. The summed E-state index contributed by atoms with van der Waals surface area (Å²) in [6.45, 7) is 4.73. The first-order valence-electron chi connectivity index (χ1n) is 8.65. The molecule has 1 fully saturated rings. The van der Waals surface area contributed by atoms with Crippen LogP contribution in [0.15, 0.2) is 47.6 Å². The molecule has 5 nitrogen and oxygen atoms in total. The third-order valence-electron chi connectivity index (χ3n) is 4.47. The van der Waals surface area contributed by atoms with Crippen molar-refractivity contribution in [3.05, 3.63) is 58.6 Å². The summed E-state index contributed by atoms with van der Waals surface area (Å²) in [5, 5.41) is 7.49. The lowest BCUT2D eigenvalue weighted by atomic mass is 10.2. The van der Waals surface area contributed by atoms with Gasteiger partial charge in [-0.25, -0.2) is 0 Å². The molecule has 0 N–H and O–H groups in total. The molecule has 0 saturated carbocycles. The van der Waals surface area contributed by atoms with Gasteiger partial charge in [0.2, 0.25) is 0 Å². The highest BCUT2D eigenvalue weighted by molar-refractivity contribution is 6.30. The molecule has 0 atom stereocenters. The molecule has 2 aromatic carbocycles. The zero-order valence-corrected chi connectivity index (χ0v) is 17.2. The monoisotopic (exact) mass is 409 g/mol. The SMILES string of the molecule is COc1ccc(/C=N/N2CCN(Cc3ccc(Cl)cc3)CC2)c(OC)c1.Cl. The van der Waals surface area contributed by atoms with E-state index in [0.29, 0.717) is 0 Å². The maximum atomic E-state index is 5.95. The van der Waals surface area contributed by atoms with Gasteiger partial charge in [-0.3, -0.25) is 9.91 Å². The molecule has 1 saturated heterocycles. The van der Waals surface area contributed by atoms with E-state index in [9.17, 15) is 0 Å². The zero-order valence-electron chi connectivity index (χ0n) is 15.6. The lowest BCUT2D eigenvalue weighted by Gasteiger charge is -2.33. The van der Waals surface area contributed by atoms with E-state index >= 15 is 0 Å². The summed E-state index contributed by atoms with van der Waals surface area (Å²) < 4.78 is 10.6. The standard InChI is InChI=1S/C20H24ClN3O2.ClH/c1-25-19-8-5-17(20(13-19)26-2)14-22-24-11-9-23(10-12-24)15-16-3-6-18(21)7-4-16;/h3-8,13-14H,9-12,15H2,1-2H3;1H/b22-14+;. The number of hydrogen-bond donors (Lipinski definition) is 0. The third-order valence-corrected chi connectivity index (χ3v) is 4.72. The number of nitrogens with zero attached hydrogens (tertiary/aromatic N) is 3. The minimum absolute atomic E-state index is 0. The smallest absolute Gasteiger partial charge is 0.131 e. The van der Waals surface area contributed by atoms with Crippen LogP contribution in [0.4, 0.5) is 0 Å². The molecular weight excluding hydrogens is 385 g/mol. The van der Waals surface area contributed by atoms with Gasteiger partial charge in [-0.1, -0.05) is 23.7 Å². The van der Waals surface area contributed by atoms with Crippen LogP contribution in [0.2, 0.25) is 5.02 Å². The van der Waals surface area contributed by atoms with Crippen LogP contribution in [-0.4, -0.2) is 56.5 Å². The van der Waals surface area contributed by atoms with Crippen LogP contribution in [-0.2, 0) is 6.54 Å². The number of hydrazone groups is 1. The molecule has 0 aromatic heterocycles. The van der Waals surface area contributed by atoms with Gasteiger partial charge in [0.25, 0.3) is 0 Å². The predicted molar refractivity (Wildman–Crippen MR) is 113 cm³/mol. The van der Waals surface area contributed by atoms with Crippen molar-refractivity contribution in [3.63, 3.8) is 0 Å². The van der Waals surface area contributed by atoms with Gasteiger partial charge in [-0.15, -0.1) is 12.4 Å². The second-order valence-electron chi connectivity index (χ2n) is 6.21. The van der Waals surface area contributed by atoms with Gasteiger partial charge in [0.1, 0.15) is 11.5 Å². The molecular formula is C20H25Cl2N3O2. The van der Waals surface area contributed by atoms with Crippen LogP contribution in [0.5, 0.6) is 11.5 Å². The Morgan fingerprint density at radius 3 is 2.33 bits per heavy atom. The molecule has 1 heterocycles. The lowest BCUT2D eigenvalue weighted by Crippen LogP contribution is -2.43. The molecule has 146 valence electrons. The van der Waals surface area contributed by atoms with E-state index in [1.54, 1.807) is 14.2 Å². The van der Waals surface area contributed by atoms with Gasteiger partial charge in [0.05, 0.1) is 20.4 Å². The molecule has 0 spiro atoms. The summed E-state index contributed by atoms with van der Waals surface area (Å²) in [7, 11) is 3.30. The van der Waals surface area contributed by atoms with Gasteiger partial charge in [-0.05, 0) is 29.8 Å². The Labute approximate surface area is 171 Å². The van der Waals surface area contributed by atoms with E-state index in [0.717, 1.165) is 54.8 Å². The van der Waals surface area contributed by atoms with Crippen LogP contribution in [0.25, 0.3) is 0 Å². The van der Waals surface area contributed by atoms with Gasteiger partial charge in [-0.2, -0.15) is 5.10 Å². The van der Waals surface area contributed by atoms with Crippen LogP contribution in [0.1, 0.15) is 11.1 Å². The summed E-state index contributed by atoms with van der Waals surface area (Å²) in [5.41, 5.74) is 2.23. The van der Waals surface area contributed by atoms with E-state index < -0.39 is 0 Å². The Bertz CT molecular complexity index is 745. The van der Waals surface area contributed by atoms with Crippen molar-refractivity contribution in [1.29, 1.82) is 0 Å². The quantitative estimate of drug-likeness (QED) is 0.677. The van der Waals surface area contributed by atoms with Crippen molar-refractivity contribution in [2.75, 3.05) is 40.4 Å². The van der Waals surface area contributed by atoms with Gasteiger partial charge < -0.3 is 9.47 Å². The van der Waals surface area contributed by atoms with Crippen LogP contribution in [0, 0.1) is 0 Å². The van der Waals surface area contributed by atoms with Crippen molar-refractivity contribution in [1.82, 2.24) is 9.91 Å². The van der Waals surface area contributed by atoms with Gasteiger partial charge in [0.15, 0.2) is 0 Å². The molecule has 27 heavy (non-hydrogen) atoms. The van der Waals surface area contributed by atoms with Crippen molar-refractivity contribution in [2.45, 2.75) is 6.54 Å². The van der Waals surface area contributed by atoms with E-state index in [4.69, 9.17) is 21.1 Å². The highest BCUT2D eigenvalue weighted by atomic mass is 35.5. The number of benzene rings is 2. The molecule has 0 aliphatic carbocycles. The lowest BCUT2D eigenvalue weighted by molar-refractivity contribution is 0.131. The Balaban J connectivity index is 0.00000261. The first-order chi connectivity index (χ1) is 12.7. The van der Waals surface area contributed by atoms with E-state index in [-0.39, 0.29) is 12.4 Å². The summed E-state index contributed by atoms with van der Waals surface area (Å²) >= 11 is 5.95. The molecule has 2 aromatic rings. The first kappa shape index (κ1) is 21.4. The van der Waals surface area contributed by atoms with E-state index in [1.807, 2.05) is 36.5 Å². The number of ether oxygens (including phenoxy) is 2. The fourth-order valence-corrected chi connectivity index (χ4v) is 3.05. The maximum absolute atomic E-state index is 5.95. The van der Waals surface area contributed by atoms with Gasteiger partial charge >= 0.3 is 0 Å². The Morgan fingerprint density at radius 2 is 1.70 bits per heavy atom. The number of methoxy groups -OCH3 is 2. The second kappa shape index (κ2) is 10.4. The van der Waals surface area contributed by atoms with E-state index in [2.05, 4.69) is 27.1 Å². The molecule has 0 unspecified atom stereocenters. The van der Waals surface area contributed by atoms with Crippen LogP contribution in [0.3, 0.4) is 0 Å².